The summed E-state index contributed by atoms with van der Waals surface area (Å²) in [6, 6.07) is 0. The first kappa shape index (κ1) is 19.6. The first-order valence-electron chi connectivity index (χ1n) is 6.87. The van der Waals surface area contributed by atoms with Gasteiger partial charge < -0.3 is 14.6 Å². The molecular weight excluding hydrogens is 371 g/mol. The Balaban J connectivity index is 3.87. The van der Waals surface area contributed by atoms with Crippen molar-refractivity contribution >= 4 is 30.9 Å². The number of halogens is 1. The van der Waals surface area contributed by atoms with Gasteiger partial charge in [0.2, 0.25) is 0 Å². The fourth-order valence-electron chi connectivity index (χ4n) is 1.31. The monoisotopic (exact) mass is 400 g/mol. The smallest absolute Gasteiger partial charge is 0.191 e. The Bertz CT molecular complexity index is 285. The predicted octanol–water partition coefficient (Wildman–Crippen LogP) is 3.85. The minimum absolute atomic E-state index is 0.0573. The van der Waals surface area contributed by atoms with E-state index >= 15 is 0 Å². The summed E-state index contributed by atoms with van der Waals surface area (Å²) in [4.78, 5) is 0. The van der Waals surface area contributed by atoms with Gasteiger partial charge in [-0.2, -0.15) is 0 Å². The largest absolute Gasteiger partial charge is 0.417 e. The van der Waals surface area contributed by atoms with Crippen molar-refractivity contribution < 1.29 is 14.6 Å². The topological polar surface area (TPSA) is 49.7 Å². The quantitative estimate of drug-likeness (QED) is 0.370. The maximum Gasteiger partial charge on any atom is 0.191 e. The second-order valence-corrected chi connectivity index (χ2v) is 12.6. The van der Waals surface area contributed by atoms with Gasteiger partial charge in [0.25, 0.3) is 0 Å². The molecule has 0 rings (SSSR count). The van der Waals surface area contributed by atoms with Gasteiger partial charge in [0, 0.05) is 10.2 Å². The third-order valence-corrected chi connectivity index (χ3v) is 9.03. The van der Waals surface area contributed by atoms with E-state index in [2.05, 4.69) is 56.5 Å². The Hall–Kier alpha value is 0.567. The minimum Gasteiger partial charge on any atom is -0.417 e. The highest BCUT2D eigenvalue weighted by Crippen LogP contribution is 2.36. The van der Waals surface area contributed by atoms with Gasteiger partial charge in [-0.25, -0.2) is 0 Å². The van der Waals surface area contributed by atoms with Crippen molar-refractivity contribution in [1.82, 2.24) is 0 Å². The Morgan fingerprint density at radius 2 is 1.95 bits per heavy atom. The molecule has 0 fully saturated rings. The molecule has 0 bridgehead atoms. The van der Waals surface area contributed by atoms with Crippen LogP contribution in [0.25, 0.3) is 0 Å². The van der Waals surface area contributed by atoms with Crippen molar-refractivity contribution in [3.8, 4) is 0 Å². The van der Waals surface area contributed by atoms with E-state index in [1.54, 1.807) is 0 Å². The lowest BCUT2D eigenvalue weighted by Gasteiger charge is -2.36. The lowest BCUT2D eigenvalue weighted by atomic mass is 10.1. The second kappa shape index (κ2) is 8.77. The van der Waals surface area contributed by atoms with Crippen LogP contribution < -0.4 is 0 Å². The zero-order valence-corrected chi connectivity index (χ0v) is 16.0. The molecule has 0 unspecified atom stereocenters. The molecule has 0 saturated heterocycles. The van der Waals surface area contributed by atoms with Gasteiger partial charge in [0.05, 0.1) is 12.7 Å². The first-order valence-corrected chi connectivity index (χ1v) is 10.9. The molecule has 0 aliphatic heterocycles. The van der Waals surface area contributed by atoms with E-state index in [1.165, 1.54) is 0 Å². The third kappa shape index (κ3) is 8.44. The van der Waals surface area contributed by atoms with E-state index in [-0.39, 0.29) is 17.7 Å². The Morgan fingerprint density at radius 1 is 1.37 bits per heavy atom. The van der Waals surface area contributed by atoms with Gasteiger partial charge in [-0.05, 0) is 60.0 Å². The molecule has 0 amide bonds. The fourth-order valence-corrected chi connectivity index (χ4v) is 2.65. The maximum atomic E-state index is 9.81. The molecule has 0 radical (unpaired) electrons. The van der Waals surface area contributed by atoms with Crippen LogP contribution in [0.5, 0.6) is 0 Å². The highest BCUT2D eigenvalue weighted by Gasteiger charge is 2.36. The molecule has 0 aliphatic rings. The van der Waals surface area contributed by atoms with E-state index in [4.69, 9.17) is 9.53 Å². The number of hydrogen-bond acceptors (Lipinski definition) is 3. The van der Waals surface area contributed by atoms with Crippen LogP contribution in [0.15, 0.2) is 9.66 Å². The van der Waals surface area contributed by atoms with Crippen LogP contribution in [0, 0.1) is 0 Å². The summed E-state index contributed by atoms with van der Waals surface area (Å²) in [5, 5.41) is 18.9. The van der Waals surface area contributed by atoms with Crippen molar-refractivity contribution in [2.24, 2.45) is 0 Å². The molecule has 0 heterocycles. The Labute approximate surface area is 132 Å². The van der Waals surface area contributed by atoms with Crippen LogP contribution in [0.3, 0.4) is 0 Å². The van der Waals surface area contributed by atoms with Crippen LogP contribution in [-0.2, 0) is 4.43 Å². The summed E-state index contributed by atoms with van der Waals surface area (Å²) in [7, 11) is -1.65. The molecule has 0 spiro atoms. The molecular formula is C14H29IO3Si. The van der Waals surface area contributed by atoms with Crippen molar-refractivity contribution in [2.45, 2.75) is 64.3 Å². The average molecular weight is 400 g/mol. The molecule has 1 atom stereocenters. The molecule has 5 heteroatoms. The summed E-state index contributed by atoms with van der Waals surface area (Å²) in [6.07, 6.45) is 3.80. The molecule has 0 aromatic rings. The predicted molar refractivity (Wildman–Crippen MR) is 92.2 cm³/mol. The van der Waals surface area contributed by atoms with Gasteiger partial charge >= 0.3 is 0 Å². The molecule has 19 heavy (non-hydrogen) atoms. The number of aliphatic hydroxyl groups excluding tert-OH is 2. The van der Waals surface area contributed by atoms with Gasteiger partial charge in [0.15, 0.2) is 8.32 Å². The van der Waals surface area contributed by atoms with Crippen molar-refractivity contribution in [3.63, 3.8) is 0 Å². The second-order valence-electron chi connectivity index (χ2n) is 6.45. The Morgan fingerprint density at radius 3 is 2.42 bits per heavy atom. The number of aliphatic hydroxyl groups is 2. The van der Waals surface area contributed by atoms with E-state index in [0.717, 1.165) is 23.0 Å². The summed E-state index contributed by atoms with van der Waals surface area (Å²) in [6.45, 7) is 12.0. The fraction of sp³-hybridized carbons (Fsp3) is 0.857. The number of rotatable bonds is 8. The number of hydrogen-bond donors (Lipinski definition) is 2. The standard InChI is InChI=1S/C14H29IO3Si/c1-14(2,3)19(4,5)18-10-6-7-13(17)9-8-12(15)11-16/h8,13,16-17H,6-7,9-11H2,1-5H3/b12-8-/t13-/m1/s1. The zero-order valence-electron chi connectivity index (χ0n) is 12.9. The zero-order chi connectivity index (χ0) is 15.1. The van der Waals surface area contributed by atoms with Crippen molar-refractivity contribution in [1.29, 1.82) is 0 Å². The lowest BCUT2D eigenvalue weighted by Crippen LogP contribution is -2.41. The van der Waals surface area contributed by atoms with Gasteiger partial charge in [-0.1, -0.05) is 26.8 Å². The normalized spacial score (nSPS) is 15.7. The molecule has 0 aliphatic carbocycles. The molecule has 0 aromatic carbocycles. The van der Waals surface area contributed by atoms with Crippen LogP contribution in [0.2, 0.25) is 18.1 Å². The van der Waals surface area contributed by atoms with Crippen LogP contribution in [0.1, 0.15) is 40.0 Å². The summed E-state index contributed by atoms with van der Waals surface area (Å²) >= 11 is 2.08. The van der Waals surface area contributed by atoms with E-state index in [1.807, 2.05) is 6.08 Å². The summed E-state index contributed by atoms with van der Waals surface area (Å²) < 4.78 is 6.95. The minimum atomic E-state index is -1.65. The van der Waals surface area contributed by atoms with Gasteiger partial charge in [-0.15, -0.1) is 0 Å². The van der Waals surface area contributed by atoms with Crippen molar-refractivity contribution in [2.75, 3.05) is 13.2 Å². The van der Waals surface area contributed by atoms with E-state index < -0.39 is 8.32 Å². The molecule has 0 aromatic heterocycles. The van der Waals surface area contributed by atoms with E-state index in [0.29, 0.717) is 6.42 Å². The van der Waals surface area contributed by atoms with Crippen LogP contribution in [-0.4, -0.2) is 37.8 Å². The van der Waals surface area contributed by atoms with E-state index in [9.17, 15) is 5.11 Å². The summed E-state index contributed by atoms with van der Waals surface area (Å²) in [5.41, 5.74) is 0. The lowest BCUT2D eigenvalue weighted by molar-refractivity contribution is 0.153. The first-order chi connectivity index (χ1) is 8.60. The molecule has 114 valence electrons. The summed E-state index contributed by atoms with van der Waals surface area (Å²) in [5.74, 6) is 0. The molecule has 3 nitrogen and oxygen atoms in total. The highest BCUT2D eigenvalue weighted by molar-refractivity contribution is 14.1. The van der Waals surface area contributed by atoms with Crippen LogP contribution in [0.4, 0.5) is 0 Å². The molecule has 2 N–H and O–H groups in total. The van der Waals surface area contributed by atoms with Gasteiger partial charge in [-0.3, -0.25) is 0 Å². The maximum absolute atomic E-state index is 9.81. The highest BCUT2D eigenvalue weighted by atomic mass is 127. The third-order valence-electron chi connectivity index (χ3n) is 3.71. The molecule has 0 saturated carbocycles. The van der Waals surface area contributed by atoms with Crippen molar-refractivity contribution in [3.05, 3.63) is 9.66 Å². The van der Waals surface area contributed by atoms with Gasteiger partial charge in [0.1, 0.15) is 0 Å². The Kier molecular flexibility index (Phi) is 9.03. The SMILES string of the molecule is CC(C)(C)[Si](C)(C)OCCC[C@@H](O)C/C=C(\I)CO. The average Bonchev–Trinajstić information content (AvgIpc) is 2.30. The van der Waals surface area contributed by atoms with Crippen LogP contribution >= 0.6 is 22.6 Å².